The highest BCUT2D eigenvalue weighted by atomic mass is 15.0. The van der Waals surface area contributed by atoms with E-state index in [9.17, 15) is 15.8 Å². The Morgan fingerprint density at radius 1 is 0.380 bits per heavy atom. The van der Waals surface area contributed by atoms with E-state index in [1.807, 2.05) is 48.5 Å². The third kappa shape index (κ3) is 4.31. The number of aromatic nitrogens is 2. The number of nitrogens with zero attached hydrogens (tertiary/aromatic N) is 5. The van der Waals surface area contributed by atoms with Gasteiger partial charge in [0.1, 0.15) is 6.07 Å². The summed E-state index contributed by atoms with van der Waals surface area (Å²) in [7, 11) is 0. The zero-order valence-electron chi connectivity index (χ0n) is 26.7. The third-order valence-electron chi connectivity index (χ3n) is 9.63. The molecule has 0 N–H and O–H groups in total. The lowest BCUT2D eigenvalue weighted by molar-refractivity contribution is 1.16. The van der Waals surface area contributed by atoms with E-state index in [0.29, 0.717) is 27.9 Å². The number of hydrogen-bond acceptors (Lipinski definition) is 3. The first-order valence-electron chi connectivity index (χ1n) is 16.3. The van der Waals surface area contributed by atoms with Gasteiger partial charge in [-0.1, -0.05) is 84.9 Å². The van der Waals surface area contributed by atoms with Crippen LogP contribution in [-0.4, -0.2) is 9.13 Å². The van der Waals surface area contributed by atoms with Crippen molar-refractivity contribution in [1.82, 2.24) is 9.13 Å². The molecule has 2 aromatic heterocycles. The van der Waals surface area contributed by atoms with E-state index >= 15 is 0 Å². The Bertz CT molecular complexity index is 2900. The third-order valence-corrected chi connectivity index (χ3v) is 9.63. The molecule has 0 atom stereocenters. The van der Waals surface area contributed by atoms with Crippen LogP contribution in [0.5, 0.6) is 0 Å². The topological polar surface area (TPSA) is 81.2 Å². The monoisotopic (exact) mass is 635 g/mol. The number of fused-ring (bicyclic) bond motifs is 6. The maximum atomic E-state index is 10.5. The summed E-state index contributed by atoms with van der Waals surface area (Å²) in [4.78, 5) is 0. The van der Waals surface area contributed by atoms with Crippen LogP contribution in [0.2, 0.25) is 0 Å². The van der Waals surface area contributed by atoms with Gasteiger partial charge in [0, 0.05) is 32.8 Å². The quantitative estimate of drug-likeness (QED) is 0.193. The molecular weight excluding hydrogens is 611 g/mol. The molecule has 0 saturated heterocycles. The molecule has 50 heavy (non-hydrogen) atoms. The van der Waals surface area contributed by atoms with Crippen molar-refractivity contribution >= 4 is 43.6 Å². The molecule has 0 aliphatic rings. The van der Waals surface area contributed by atoms with Crippen LogP contribution < -0.4 is 0 Å². The highest BCUT2D eigenvalue weighted by Gasteiger charge is 2.22. The van der Waals surface area contributed by atoms with Crippen LogP contribution in [0, 0.1) is 34.0 Å². The molecule has 0 fully saturated rings. The molecule has 0 spiro atoms. The first kappa shape index (κ1) is 28.8. The highest BCUT2D eigenvalue weighted by molar-refractivity contribution is 6.11. The predicted octanol–water partition coefficient (Wildman–Crippen LogP) is 10.8. The SMILES string of the molecule is N#Cc1ccc2c(c1)c1ccccc1n2-c1c(C#N)ccc(C#N)c1-c1cccc(-c2ccc(-n3c4ccccc4c4ccccc43)cc2)c1. The second-order valence-corrected chi connectivity index (χ2v) is 12.3. The molecule has 0 aliphatic heterocycles. The van der Waals surface area contributed by atoms with E-state index in [4.69, 9.17) is 0 Å². The van der Waals surface area contributed by atoms with E-state index in [2.05, 4.69) is 112 Å². The molecule has 2 heterocycles. The van der Waals surface area contributed by atoms with Crippen molar-refractivity contribution in [2.75, 3.05) is 0 Å². The van der Waals surface area contributed by atoms with E-state index in [1.165, 1.54) is 10.8 Å². The van der Waals surface area contributed by atoms with Crippen molar-refractivity contribution in [1.29, 1.82) is 15.8 Å². The molecule has 230 valence electrons. The van der Waals surface area contributed by atoms with Crippen LogP contribution in [0.25, 0.3) is 77.2 Å². The number of benzene rings is 7. The van der Waals surface area contributed by atoms with Gasteiger partial charge in [-0.15, -0.1) is 0 Å². The van der Waals surface area contributed by atoms with Gasteiger partial charge in [0.2, 0.25) is 0 Å². The minimum Gasteiger partial charge on any atom is -0.309 e. The van der Waals surface area contributed by atoms with Gasteiger partial charge in [-0.3, -0.25) is 0 Å². The van der Waals surface area contributed by atoms with E-state index < -0.39 is 0 Å². The molecule has 5 nitrogen and oxygen atoms in total. The molecule has 9 aromatic rings. The van der Waals surface area contributed by atoms with Gasteiger partial charge in [-0.25, -0.2) is 0 Å². The fourth-order valence-corrected chi connectivity index (χ4v) is 7.44. The summed E-state index contributed by atoms with van der Waals surface area (Å²) < 4.78 is 4.36. The summed E-state index contributed by atoms with van der Waals surface area (Å²) in [5.74, 6) is 0. The van der Waals surface area contributed by atoms with Crippen LogP contribution in [0.1, 0.15) is 16.7 Å². The van der Waals surface area contributed by atoms with Crippen molar-refractivity contribution in [3.8, 4) is 51.8 Å². The summed E-state index contributed by atoms with van der Waals surface area (Å²) in [5.41, 5.74) is 10.8. The molecule has 0 amide bonds. The molecular formula is C45H25N5. The smallest absolute Gasteiger partial charge is 0.101 e. The van der Waals surface area contributed by atoms with Crippen LogP contribution >= 0.6 is 0 Å². The molecule has 7 aromatic carbocycles. The van der Waals surface area contributed by atoms with Gasteiger partial charge in [0.15, 0.2) is 0 Å². The van der Waals surface area contributed by atoms with Crippen molar-refractivity contribution in [2.45, 2.75) is 0 Å². The van der Waals surface area contributed by atoms with E-state index in [0.717, 1.165) is 55.2 Å². The van der Waals surface area contributed by atoms with Gasteiger partial charge < -0.3 is 9.13 Å². The average Bonchev–Trinajstić information content (AvgIpc) is 3.70. The Hall–Kier alpha value is -7.39. The Labute approximate surface area is 287 Å². The van der Waals surface area contributed by atoms with E-state index in [1.54, 1.807) is 18.2 Å². The molecule has 0 bridgehead atoms. The fraction of sp³-hybridized carbons (Fsp3) is 0. The van der Waals surface area contributed by atoms with Gasteiger partial charge in [-0.05, 0) is 83.4 Å². The number of nitriles is 3. The van der Waals surface area contributed by atoms with Crippen LogP contribution in [-0.2, 0) is 0 Å². The summed E-state index contributed by atoms with van der Waals surface area (Å²) in [6.45, 7) is 0. The Morgan fingerprint density at radius 3 is 1.58 bits per heavy atom. The van der Waals surface area contributed by atoms with Gasteiger partial charge in [-0.2, -0.15) is 15.8 Å². The van der Waals surface area contributed by atoms with Gasteiger partial charge in [0.25, 0.3) is 0 Å². The Kier molecular flexibility index (Phi) is 6.56. The molecule has 0 saturated carbocycles. The van der Waals surface area contributed by atoms with Crippen molar-refractivity contribution < 1.29 is 0 Å². The summed E-state index contributed by atoms with van der Waals surface area (Å²) in [5, 5.41) is 34.9. The van der Waals surface area contributed by atoms with Gasteiger partial charge in [0.05, 0.1) is 56.6 Å². The number of rotatable bonds is 4. The van der Waals surface area contributed by atoms with Crippen molar-refractivity contribution in [2.24, 2.45) is 0 Å². The summed E-state index contributed by atoms with van der Waals surface area (Å²) in [6, 6.07) is 57.8. The standard InChI is InChI=1S/C45H25N5/c46-26-29-16-23-43-39(24-29)38-12-3-6-15-42(38)50(43)45-34(28-48)18-17-33(27-47)44(45)32-9-7-8-31(25-32)30-19-21-35(22-20-30)49-40-13-4-1-10-36(40)37-11-2-5-14-41(37)49/h1-25H. The lowest BCUT2D eigenvalue weighted by atomic mass is 9.92. The Morgan fingerprint density at radius 2 is 0.940 bits per heavy atom. The van der Waals surface area contributed by atoms with Gasteiger partial charge >= 0.3 is 0 Å². The molecule has 5 heteroatoms. The first-order valence-corrected chi connectivity index (χ1v) is 16.3. The minimum absolute atomic E-state index is 0.451. The van der Waals surface area contributed by atoms with Crippen LogP contribution in [0.4, 0.5) is 0 Å². The first-order chi connectivity index (χ1) is 24.7. The van der Waals surface area contributed by atoms with Crippen molar-refractivity contribution in [3.05, 3.63) is 168 Å². The highest BCUT2D eigenvalue weighted by Crippen LogP contribution is 2.41. The summed E-state index contributed by atoms with van der Waals surface area (Å²) >= 11 is 0. The maximum Gasteiger partial charge on any atom is 0.101 e. The Balaban J connectivity index is 1.22. The lowest BCUT2D eigenvalue weighted by Gasteiger charge is -2.18. The molecule has 9 rings (SSSR count). The zero-order valence-corrected chi connectivity index (χ0v) is 26.7. The average molecular weight is 636 g/mol. The second kappa shape index (κ2) is 11.4. The van der Waals surface area contributed by atoms with Crippen LogP contribution in [0.3, 0.4) is 0 Å². The summed E-state index contributed by atoms with van der Waals surface area (Å²) in [6.07, 6.45) is 0. The maximum absolute atomic E-state index is 10.5. The lowest BCUT2D eigenvalue weighted by Crippen LogP contribution is -2.03. The zero-order chi connectivity index (χ0) is 33.8. The predicted molar refractivity (Wildman–Crippen MR) is 200 cm³/mol. The minimum atomic E-state index is 0.451. The van der Waals surface area contributed by atoms with Crippen LogP contribution in [0.15, 0.2) is 152 Å². The fourth-order valence-electron chi connectivity index (χ4n) is 7.44. The molecule has 0 radical (unpaired) electrons. The van der Waals surface area contributed by atoms with Crippen molar-refractivity contribution in [3.63, 3.8) is 0 Å². The van der Waals surface area contributed by atoms with E-state index in [-0.39, 0.29) is 0 Å². The number of para-hydroxylation sites is 3. The largest absolute Gasteiger partial charge is 0.309 e. The molecule has 0 aliphatic carbocycles. The normalized spacial score (nSPS) is 11.1. The second-order valence-electron chi connectivity index (χ2n) is 12.3. The molecule has 0 unspecified atom stereocenters. The number of hydrogen-bond donors (Lipinski definition) is 0.